The molecule has 1 aliphatic rings. The maximum atomic E-state index is 12.5. The Hall–Kier alpha value is -1.55. The minimum Gasteiger partial charge on any atom is -0.492 e. The molecule has 4 heteroatoms. The second-order valence-electron chi connectivity index (χ2n) is 6.00. The summed E-state index contributed by atoms with van der Waals surface area (Å²) < 4.78 is 5.56. The summed E-state index contributed by atoms with van der Waals surface area (Å²) in [5, 5.41) is 3.02. The fourth-order valence-electron chi connectivity index (χ4n) is 3.00. The minimum absolute atomic E-state index is 0.0255. The highest BCUT2D eigenvalue weighted by molar-refractivity contribution is 5.94. The van der Waals surface area contributed by atoms with Crippen LogP contribution in [0, 0.1) is 5.92 Å². The molecule has 2 rings (SSSR count). The SMILES string of the molecule is CCOc1ccccc1NC(=O)[C@H](C)[NH+]1CCC[C@H](C)C1. The Morgan fingerprint density at radius 3 is 2.95 bits per heavy atom. The second-order valence-corrected chi connectivity index (χ2v) is 6.00. The number of piperidine rings is 1. The van der Waals surface area contributed by atoms with Gasteiger partial charge >= 0.3 is 0 Å². The first kappa shape index (κ1) is 15.8. The Kier molecular flexibility index (Phi) is 5.62. The monoisotopic (exact) mass is 291 g/mol. The number of ether oxygens (including phenoxy) is 1. The Labute approximate surface area is 127 Å². The molecule has 0 aromatic heterocycles. The van der Waals surface area contributed by atoms with Gasteiger partial charge in [-0.3, -0.25) is 4.79 Å². The molecule has 116 valence electrons. The molecule has 1 saturated heterocycles. The van der Waals surface area contributed by atoms with Crippen molar-refractivity contribution in [2.24, 2.45) is 5.92 Å². The van der Waals surface area contributed by atoms with Crippen molar-refractivity contribution < 1.29 is 14.4 Å². The van der Waals surface area contributed by atoms with Gasteiger partial charge in [0.05, 0.1) is 25.4 Å². The molecule has 4 nitrogen and oxygen atoms in total. The summed E-state index contributed by atoms with van der Waals surface area (Å²) >= 11 is 0. The van der Waals surface area contributed by atoms with Gasteiger partial charge in [0.15, 0.2) is 6.04 Å². The predicted molar refractivity (Wildman–Crippen MR) is 84.8 cm³/mol. The number of likely N-dealkylation sites (tertiary alicyclic amines) is 1. The first-order valence-corrected chi connectivity index (χ1v) is 7.99. The van der Waals surface area contributed by atoms with E-state index < -0.39 is 0 Å². The fraction of sp³-hybridized carbons (Fsp3) is 0.588. The normalized spacial score (nSPS) is 23.4. The number of hydrogen-bond donors (Lipinski definition) is 2. The van der Waals surface area contributed by atoms with E-state index in [-0.39, 0.29) is 11.9 Å². The highest BCUT2D eigenvalue weighted by Crippen LogP contribution is 2.23. The number of quaternary nitrogens is 1. The molecule has 0 aliphatic carbocycles. The zero-order chi connectivity index (χ0) is 15.2. The van der Waals surface area contributed by atoms with Crippen LogP contribution in [0.3, 0.4) is 0 Å². The molecule has 1 heterocycles. The third kappa shape index (κ3) is 4.21. The Morgan fingerprint density at radius 1 is 1.48 bits per heavy atom. The lowest BCUT2D eigenvalue weighted by Gasteiger charge is -2.31. The van der Waals surface area contributed by atoms with Crippen molar-refractivity contribution in [3.8, 4) is 5.75 Å². The molecule has 1 fully saturated rings. The minimum atomic E-state index is -0.0255. The van der Waals surface area contributed by atoms with Crippen LogP contribution in [0.15, 0.2) is 24.3 Å². The van der Waals surface area contributed by atoms with E-state index in [0.29, 0.717) is 12.5 Å². The van der Waals surface area contributed by atoms with Gasteiger partial charge in [-0.2, -0.15) is 0 Å². The summed E-state index contributed by atoms with van der Waals surface area (Å²) in [5.41, 5.74) is 0.764. The third-order valence-electron chi connectivity index (χ3n) is 4.26. The number of rotatable bonds is 5. The molecule has 1 unspecified atom stereocenters. The van der Waals surface area contributed by atoms with Gasteiger partial charge in [0, 0.05) is 5.92 Å². The van der Waals surface area contributed by atoms with E-state index in [9.17, 15) is 4.79 Å². The van der Waals surface area contributed by atoms with Crippen LogP contribution < -0.4 is 15.0 Å². The smallest absolute Gasteiger partial charge is 0.282 e. The summed E-state index contributed by atoms with van der Waals surface area (Å²) in [6, 6.07) is 7.59. The zero-order valence-corrected chi connectivity index (χ0v) is 13.3. The highest BCUT2D eigenvalue weighted by Gasteiger charge is 2.29. The summed E-state index contributed by atoms with van der Waals surface area (Å²) in [7, 11) is 0. The van der Waals surface area contributed by atoms with Crippen molar-refractivity contribution in [2.45, 2.75) is 39.7 Å². The van der Waals surface area contributed by atoms with Crippen molar-refractivity contribution in [3.05, 3.63) is 24.3 Å². The second kappa shape index (κ2) is 7.46. The molecule has 0 saturated carbocycles. The maximum absolute atomic E-state index is 12.5. The molecular formula is C17H27N2O2+. The van der Waals surface area contributed by atoms with Crippen molar-refractivity contribution in [1.82, 2.24) is 0 Å². The molecule has 0 spiro atoms. The quantitative estimate of drug-likeness (QED) is 0.867. The lowest BCUT2D eigenvalue weighted by Crippen LogP contribution is -3.17. The number of carbonyl (C=O) groups is 1. The van der Waals surface area contributed by atoms with Crippen LogP contribution in [0.1, 0.15) is 33.6 Å². The van der Waals surface area contributed by atoms with Crippen LogP contribution in [0.25, 0.3) is 0 Å². The summed E-state index contributed by atoms with van der Waals surface area (Å²) in [5.74, 6) is 1.52. The Morgan fingerprint density at radius 2 is 2.24 bits per heavy atom. The van der Waals surface area contributed by atoms with Crippen molar-refractivity contribution >= 4 is 11.6 Å². The standard InChI is InChI=1S/C17H26N2O2/c1-4-21-16-10-6-5-9-15(16)18-17(20)14(3)19-11-7-8-13(2)12-19/h5-6,9-10,13-14H,4,7-8,11-12H2,1-3H3,(H,18,20)/p+1/t13-,14-/m0/s1. The van der Waals surface area contributed by atoms with Crippen molar-refractivity contribution in [3.63, 3.8) is 0 Å². The van der Waals surface area contributed by atoms with Gasteiger partial charge in [-0.05, 0) is 38.8 Å². The summed E-state index contributed by atoms with van der Waals surface area (Å²) in [4.78, 5) is 13.9. The van der Waals surface area contributed by atoms with Crippen LogP contribution in [0.4, 0.5) is 5.69 Å². The number of amides is 1. The molecule has 1 amide bonds. The predicted octanol–water partition coefficient (Wildman–Crippen LogP) is 1.73. The third-order valence-corrected chi connectivity index (χ3v) is 4.26. The fourth-order valence-corrected chi connectivity index (χ4v) is 3.00. The van der Waals surface area contributed by atoms with Gasteiger partial charge in [0.2, 0.25) is 0 Å². The summed E-state index contributed by atoms with van der Waals surface area (Å²) in [6.07, 6.45) is 2.49. The first-order valence-electron chi connectivity index (χ1n) is 7.99. The van der Waals surface area contributed by atoms with Gasteiger partial charge in [0.1, 0.15) is 5.75 Å². The van der Waals surface area contributed by atoms with E-state index in [1.165, 1.54) is 17.7 Å². The number of carbonyl (C=O) groups excluding carboxylic acids is 1. The summed E-state index contributed by atoms with van der Waals surface area (Å²) in [6.45, 7) is 9.01. The largest absolute Gasteiger partial charge is 0.492 e. The van der Waals surface area contributed by atoms with E-state index in [2.05, 4.69) is 12.2 Å². The van der Waals surface area contributed by atoms with E-state index in [1.54, 1.807) is 0 Å². The van der Waals surface area contributed by atoms with Gasteiger partial charge in [-0.25, -0.2) is 0 Å². The molecule has 1 aromatic rings. The van der Waals surface area contributed by atoms with Crippen LogP contribution in [0.2, 0.25) is 0 Å². The number of benzene rings is 1. The Bertz CT molecular complexity index is 476. The van der Waals surface area contributed by atoms with Gasteiger partial charge in [-0.15, -0.1) is 0 Å². The molecule has 21 heavy (non-hydrogen) atoms. The van der Waals surface area contributed by atoms with Crippen LogP contribution in [-0.4, -0.2) is 31.6 Å². The van der Waals surface area contributed by atoms with Gasteiger partial charge < -0.3 is 15.0 Å². The number of anilines is 1. The molecule has 0 radical (unpaired) electrons. The average Bonchev–Trinajstić information content (AvgIpc) is 2.48. The van der Waals surface area contributed by atoms with Gasteiger partial charge in [-0.1, -0.05) is 19.1 Å². The zero-order valence-electron chi connectivity index (χ0n) is 13.3. The van der Waals surface area contributed by atoms with E-state index in [1.807, 2.05) is 38.1 Å². The first-order chi connectivity index (χ1) is 10.1. The number of nitrogens with one attached hydrogen (secondary N) is 2. The van der Waals surface area contributed by atoms with E-state index in [0.717, 1.165) is 24.5 Å². The van der Waals surface area contributed by atoms with E-state index >= 15 is 0 Å². The molecular weight excluding hydrogens is 264 g/mol. The molecule has 1 aliphatic heterocycles. The van der Waals surface area contributed by atoms with Gasteiger partial charge in [0.25, 0.3) is 5.91 Å². The maximum Gasteiger partial charge on any atom is 0.282 e. The molecule has 0 bridgehead atoms. The topological polar surface area (TPSA) is 42.8 Å². The number of hydrogen-bond acceptors (Lipinski definition) is 2. The molecule has 3 atom stereocenters. The van der Waals surface area contributed by atoms with Crippen LogP contribution in [0.5, 0.6) is 5.75 Å². The lowest BCUT2D eigenvalue weighted by atomic mass is 9.99. The molecule has 1 aromatic carbocycles. The molecule has 2 N–H and O–H groups in total. The van der Waals surface area contributed by atoms with E-state index in [4.69, 9.17) is 4.74 Å². The lowest BCUT2D eigenvalue weighted by molar-refractivity contribution is -0.922. The Balaban J connectivity index is 2.00. The van der Waals surface area contributed by atoms with Crippen LogP contribution in [-0.2, 0) is 4.79 Å². The number of para-hydroxylation sites is 2. The van der Waals surface area contributed by atoms with Crippen molar-refractivity contribution in [2.75, 3.05) is 25.0 Å². The van der Waals surface area contributed by atoms with Crippen LogP contribution >= 0.6 is 0 Å². The highest BCUT2D eigenvalue weighted by atomic mass is 16.5. The van der Waals surface area contributed by atoms with Crippen molar-refractivity contribution in [1.29, 1.82) is 0 Å². The average molecular weight is 291 g/mol.